The topological polar surface area (TPSA) is 81.8 Å². The summed E-state index contributed by atoms with van der Waals surface area (Å²) in [5.41, 5.74) is 0.456. The zero-order chi connectivity index (χ0) is 14.7. The molecular weight excluding hydrogens is 270 g/mol. The van der Waals surface area contributed by atoms with Crippen molar-refractivity contribution in [2.75, 3.05) is 6.54 Å². The predicted octanol–water partition coefficient (Wildman–Crippen LogP) is 0.595. The van der Waals surface area contributed by atoms with E-state index < -0.39 is 0 Å². The number of hydrogen-bond acceptors (Lipinski definition) is 4. The summed E-state index contributed by atoms with van der Waals surface area (Å²) in [7, 11) is 0. The molecule has 1 fully saturated rings. The zero-order valence-corrected chi connectivity index (χ0v) is 11.6. The van der Waals surface area contributed by atoms with Crippen molar-refractivity contribution in [1.82, 2.24) is 24.6 Å². The Kier molecular flexibility index (Phi) is 3.81. The first-order valence-corrected chi connectivity index (χ1v) is 7.08. The Labute approximate surface area is 121 Å². The van der Waals surface area contributed by atoms with Crippen molar-refractivity contribution < 1.29 is 4.79 Å². The molecule has 0 bridgehead atoms. The lowest BCUT2D eigenvalue weighted by Crippen LogP contribution is -2.33. The highest BCUT2D eigenvalue weighted by atomic mass is 16.2. The van der Waals surface area contributed by atoms with Crippen LogP contribution in [0.3, 0.4) is 0 Å². The molecule has 0 radical (unpaired) electrons. The van der Waals surface area contributed by atoms with Gasteiger partial charge in [0.25, 0.3) is 11.5 Å². The van der Waals surface area contributed by atoms with Crippen LogP contribution in [0.25, 0.3) is 0 Å². The molecule has 0 spiro atoms. The molecule has 0 unspecified atom stereocenters. The van der Waals surface area contributed by atoms with Crippen LogP contribution in [0.15, 0.2) is 35.6 Å². The molecular formula is C14H17N5O2. The molecule has 0 saturated heterocycles. The third-order valence-electron chi connectivity index (χ3n) is 3.75. The highest BCUT2D eigenvalue weighted by Gasteiger charge is 2.24. The van der Waals surface area contributed by atoms with Crippen molar-refractivity contribution in [2.24, 2.45) is 0 Å². The lowest BCUT2D eigenvalue weighted by Gasteiger charge is -2.27. The highest BCUT2D eigenvalue weighted by Crippen LogP contribution is 2.31. The molecule has 2 aromatic rings. The van der Waals surface area contributed by atoms with Gasteiger partial charge in [0.2, 0.25) is 0 Å². The van der Waals surface area contributed by atoms with Crippen molar-refractivity contribution in [3.8, 4) is 0 Å². The summed E-state index contributed by atoms with van der Waals surface area (Å²) in [4.78, 5) is 27.6. The lowest BCUT2D eigenvalue weighted by molar-refractivity contribution is 0.0934. The maximum absolute atomic E-state index is 12.2. The first-order valence-electron chi connectivity index (χ1n) is 7.08. The SMILES string of the molecule is O=C(NCCn1cnccc1=O)c1ccnn1C1CCC1. The quantitative estimate of drug-likeness (QED) is 0.873. The van der Waals surface area contributed by atoms with Gasteiger partial charge in [0, 0.05) is 31.5 Å². The van der Waals surface area contributed by atoms with Crippen molar-refractivity contribution in [3.63, 3.8) is 0 Å². The summed E-state index contributed by atoms with van der Waals surface area (Å²) in [6.07, 6.45) is 7.91. The highest BCUT2D eigenvalue weighted by molar-refractivity contribution is 5.92. The number of aromatic nitrogens is 4. The van der Waals surface area contributed by atoms with Gasteiger partial charge in [-0.25, -0.2) is 4.98 Å². The van der Waals surface area contributed by atoms with E-state index in [9.17, 15) is 9.59 Å². The maximum atomic E-state index is 12.2. The number of nitrogens with one attached hydrogen (secondary N) is 1. The van der Waals surface area contributed by atoms with Gasteiger partial charge in [0.05, 0.1) is 12.4 Å². The minimum absolute atomic E-state index is 0.126. The van der Waals surface area contributed by atoms with Crippen LogP contribution in [0.5, 0.6) is 0 Å². The van der Waals surface area contributed by atoms with Crippen molar-refractivity contribution in [1.29, 1.82) is 0 Å². The molecule has 110 valence electrons. The number of amides is 1. The summed E-state index contributed by atoms with van der Waals surface area (Å²) in [6, 6.07) is 3.47. The monoisotopic (exact) mass is 287 g/mol. The summed E-state index contributed by atoms with van der Waals surface area (Å²) in [5, 5.41) is 7.05. The largest absolute Gasteiger partial charge is 0.349 e. The molecule has 7 nitrogen and oxygen atoms in total. The number of hydrogen-bond donors (Lipinski definition) is 1. The summed E-state index contributed by atoms with van der Waals surface area (Å²) in [5.74, 6) is -0.156. The number of carbonyl (C=O) groups is 1. The van der Waals surface area contributed by atoms with Gasteiger partial charge in [0.1, 0.15) is 5.69 Å². The van der Waals surface area contributed by atoms with E-state index in [1.165, 1.54) is 29.6 Å². The van der Waals surface area contributed by atoms with Gasteiger partial charge in [-0.2, -0.15) is 5.10 Å². The normalized spacial score (nSPS) is 14.7. The van der Waals surface area contributed by atoms with Gasteiger partial charge in [0.15, 0.2) is 0 Å². The van der Waals surface area contributed by atoms with Crippen LogP contribution in [-0.4, -0.2) is 31.8 Å². The van der Waals surface area contributed by atoms with Gasteiger partial charge in [-0.05, 0) is 25.3 Å². The van der Waals surface area contributed by atoms with E-state index in [1.54, 1.807) is 16.9 Å². The third-order valence-corrected chi connectivity index (χ3v) is 3.75. The summed E-state index contributed by atoms with van der Waals surface area (Å²) < 4.78 is 3.26. The van der Waals surface area contributed by atoms with Gasteiger partial charge < -0.3 is 5.32 Å². The molecule has 0 aliphatic heterocycles. The van der Waals surface area contributed by atoms with E-state index >= 15 is 0 Å². The molecule has 0 aromatic carbocycles. The molecule has 0 atom stereocenters. The van der Waals surface area contributed by atoms with Gasteiger partial charge in [-0.3, -0.25) is 18.8 Å². The molecule has 1 amide bonds. The molecule has 21 heavy (non-hydrogen) atoms. The standard InChI is InChI=1S/C14H17N5O2/c20-13-5-6-15-10-18(13)9-8-16-14(21)12-4-7-17-19(12)11-2-1-3-11/h4-7,10-11H,1-3,8-9H2,(H,16,21). The van der Waals surface area contributed by atoms with E-state index in [4.69, 9.17) is 0 Å². The number of rotatable bonds is 5. The predicted molar refractivity (Wildman–Crippen MR) is 75.9 cm³/mol. The summed E-state index contributed by atoms with van der Waals surface area (Å²) >= 11 is 0. The molecule has 1 aliphatic rings. The van der Waals surface area contributed by atoms with Gasteiger partial charge >= 0.3 is 0 Å². The fourth-order valence-corrected chi connectivity index (χ4v) is 2.34. The molecule has 1 aliphatic carbocycles. The second-order valence-electron chi connectivity index (χ2n) is 5.11. The average Bonchev–Trinajstić information content (AvgIpc) is 2.88. The number of nitrogens with zero attached hydrogens (tertiary/aromatic N) is 4. The van der Waals surface area contributed by atoms with Crippen LogP contribution in [0.4, 0.5) is 0 Å². The van der Waals surface area contributed by atoms with E-state index in [1.807, 2.05) is 0 Å². The smallest absolute Gasteiger partial charge is 0.269 e. The summed E-state index contributed by atoms with van der Waals surface area (Å²) in [6.45, 7) is 0.774. The Bertz CT molecular complexity index is 686. The Morgan fingerprint density at radius 1 is 1.33 bits per heavy atom. The van der Waals surface area contributed by atoms with Gasteiger partial charge in [-0.15, -0.1) is 0 Å². The van der Waals surface area contributed by atoms with Crippen molar-refractivity contribution >= 4 is 5.91 Å². The van der Waals surface area contributed by atoms with E-state index in [0.717, 1.165) is 12.8 Å². The van der Waals surface area contributed by atoms with Crippen LogP contribution in [0.1, 0.15) is 35.8 Å². The second-order valence-corrected chi connectivity index (χ2v) is 5.11. The Balaban J connectivity index is 1.58. The third kappa shape index (κ3) is 2.86. The van der Waals surface area contributed by atoms with Crippen molar-refractivity contribution in [3.05, 3.63) is 46.9 Å². The fraction of sp³-hybridized carbons (Fsp3) is 0.429. The van der Waals surface area contributed by atoms with Gasteiger partial charge in [-0.1, -0.05) is 0 Å². The van der Waals surface area contributed by atoms with Crippen LogP contribution in [0, 0.1) is 0 Å². The van der Waals surface area contributed by atoms with Crippen LogP contribution >= 0.6 is 0 Å². The number of carbonyl (C=O) groups excluding carboxylic acids is 1. The first-order chi connectivity index (χ1) is 10.3. The van der Waals surface area contributed by atoms with Crippen LogP contribution in [0.2, 0.25) is 0 Å². The maximum Gasteiger partial charge on any atom is 0.269 e. The molecule has 1 N–H and O–H groups in total. The lowest BCUT2D eigenvalue weighted by atomic mass is 9.93. The molecule has 2 heterocycles. The average molecular weight is 287 g/mol. The van der Waals surface area contributed by atoms with E-state index in [-0.39, 0.29) is 11.5 Å². The van der Waals surface area contributed by atoms with Crippen molar-refractivity contribution in [2.45, 2.75) is 31.8 Å². The Hall–Kier alpha value is -2.44. The molecule has 2 aromatic heterocycles. The van der Waals surface area contributed by atoms with E-state index in [2.05, 4.69) is 15.4 Å². The van der Waals surface area contributed by atoms with Crippen LogP contribution < -0.4 is 10.9 Å². The minimum Gasteiger partial charge on any atom is -0.349 e. The second kappa shape index (κ2) is 5.90. The molecule has 1 saturated carbocycles. The van der Waals surface area contributed by atoms with E-state index in [0.29, 0.717) is 24.8 Å². The molecule has 3 rings (SSSR count). The minimum atomic E-state index is -0.156. The fourth-order valence-electron chi connectivity index (χ4n) is 2.34. The van der Waals surface area contributed by atoms with Crippen LogP contribution in [-0.2, 0) is 6.54 Å². The zero-order valence-electron chi connectivity index (χ0n) is 11.6. The Morgan fingerprint density at radius 2 is 2.19 bits per heavy atom. The Morgan fingerprint density at radius 3 is 2.90 bits per heavy atom. The molecule has 7 heteroatoms. The first kappa shape index (κ1) is 13.5.